The Labute approximate surface area is 170 Å². The maximum Gasteiger partial charge on any atom is 0.173 e. The number of halogens is 1. The number of nitrogens with one attached hydrogen (secondary N) is 1. The molecule has 0 aliphatic carbocycles. The van der Waals surface area contributed by atoms with Crippen LogP contribution in [0, 0.1) is 6.92 Å². The van der Waals surface area contributed by atoms with Crippen molar-refractivity contribution in [1.29, 1.82) is 0 Å². The summed E-state index contributed by atoms with van der Waals surface area (Å²) in [6.45, 7) is 4.40. The average molecular weight is 400 g/mol. The van der Waals surface area contributed by atoms with Gasteiger partial charge in [-0.05, 0) is 48.8 Å². The van der Waals surface area contributed by atoms with Crippen LogP contribution in [0.3, 0.4) is 0 Å². The summed E-state index contributed by atoms with van der Waals surface area (Å²) in [6, 6.07) is 9.81. The van der Waals surface area contributed by atoms with Crippen LogP contribution in [-0.2, 0) is 13.1 Å². The molecule has 1 aromatic carbocycles. The summed E-state index contributed by atoms with van der Waals surface area (Å²) in [5.74, 6) is 0. The van der Waals surface area contributed by atoms with E-state index in [-0.39, 0.29) is 0 Å². The molecule has 3 aromatic rings. The van der Waals surface area contributed by atoms with Gasteiger partial charge in [-0.3, -0.25) is 4.98 Å². The molecule has 0 aliphatic rings. The average Bonchev–Trinajstić information content (AvgIpc) is 3.18. The van der Waals surface area contributed by atoms with E-state index >= 15 is 0 Å². The van der Waals surface area contributed by atoms with E-state index in [0.29, 0.717) is 16.7 Å². The van der Waals surface area contributed by atoms with Crippen molar-refractivity contribution in [2.24, 2.45) is 0 Å². The Kier molecular flexibility index (Phi) is 6.79. The number of rotatable bonds is 7. The van der Waals surface area contributed by atoms with Crippen LogP contribution in [0.5, 0.6) is 0 Å². The van der Waals surface area contributed by atoms with E-state index in [1.807, 2.05) is 49.9 Å². The number of benzene rings is 1. The zero-order valence-electron chi connectivity index (χ0n) is 15.2. The van der Waals surface area contributed by atoms with Gasteiger partial charge in [0, 0.05) is 44.4 Å². The van der Waals surface area contributed by atoms with E-state index in [0.717, 1.165) is 36.3 Å². The maximum atomic E-state index is 6.35. The van der Waals surface area contributed by atoms with Crippen molar-refractivity contribution in [1.82, 2.24) is 19.4 Å². The Bertz CT molecular complexity index is 847. The topological polar surface area (TPSA) is 46.0 Å². The molecular formula is C20H22ClN5S. The Balaban J connectivity index is 1.70. The van der Waals surface area contributed by atoms with Gasteiger partial charge >= 0.3 is 0 Å². The van der Waals surface area contributed by atoms with Crippen LogP contribution in [0.15, 0.2) is 61.4 Å². The minimum absolute atomic E-state index is 0.653. The smallest absolute Gasteiger partial charge is 0.173 e. The van der Waals surface area contributed by atoms with Crippen LogP contribution in [-0.4, -0.2) is 31.1 Å². The minimum atomic E-state index is 0.653. The third kappa shape index (κ3) is 5.52. The highest BCUT2D eigenvalue weighted by Crippen LogP contribution is 2.25. The van der Waals surface area contributed by atoms with Crippen LogP contribution in [0.2, 0.25) is 5.02 Å². The second kappa shape index (κ2) is 9.48. The van der Waals surface area contributed by atoms with Crippen LogP contribution < -0.4 is 5.32 Å². The molecule has 0 radical (unpaired) electrons. The van der Waals surface area contributed by atoms with E-state index < -0.39 is 0 Å². The van der Waals surface area contributed by atoms with E-state index in [2.05, 4.69) is 30.8 Å². The molecule has 0 saturated carbocycles. The molecule has 0 bridgehead atoms. The predicted molar refractivity (Wildman–Crippen MR) is 114 cm³/mol. The number of hydrogen-bond donors (Lipinski definition) is 1. The van der Waals surface area contributed by atoms with Gasteiger partial charge in [0.15, 0.2) is 5.11 Å². The third-order valence-corrected chi connectivity index (χ3v) is 4.92. The van der Waals surface area contributed by atoms with Gasteiger partial charge in [-0.1, -0.05) is 29.8 Å². The van der Waals surface area contributed by atoms with Gasteiger partial charge in [-0.15, -0.1) is 0 Å². The van der Waals surface area contributed by atoms with E-state index in [1.54, 1.807) is 12.4 Å². The first kappa shape index (κ1) is 19.3. The molecule has 7 heteroatoms. The number of pyridine rings is 1. The van der Waals surface area contributed by atoms with E-state index in [4.69, 9.17) is 23.8 Å². The number of nitrogens with zero attached hydrogens (tertiary/aromatic N) is 4. The molecular weight excluding hydrogens is 378 g/mol. The number of anilines is 1. The predicted octanol–water partition coefficient (Wildman–Crippen LogP) is 4.53. The molecule has 0 spiro atoms. The number of para-hydroxylation sites is 1. The SMILES string of the molecule is Cc1cccc(Cl)c1NC(=S)N(CCCn1ccnc1)Cc1cccnc1. The molecule has 1 N–H and O–H groups in total. The second-order valence-electron chi connectivity index (χ2n) is 6.30. The van der Waals surface area contributed by atoms with E-state index in [1.165, 1.54) is 0 Å². The van der Waals surface area contributed by atoms with Crippen LogP contribution in [0.4, 0.5) is 5.69 Å². The first-order valence-corrected chi connectivity index (χ1v) is 9.58. The molecule has 3 rings (SSSR count). The lowest BCUT2D eigenvalue weighted by Gasteiger charge is -2.27. The van der Waals surface area contributed by atoms with Gasteiger partial charge < -0.3 is 14.8 Å². The van der Waals surface area contributed by atoms with Crippen molar-refractivity contribution < 1.29 is 0 Å². The summed E-state index contributed by atoms with van der Waals surface area (Å²) in [4.78, 5) is 10.4. The Morgan fingerprint density at radius 1 is 1.22 bits per heavy atom. The summed E-state index contributed by atoms with van der Waals surface area (Å²) >= 11 is 12.1. The molecule has 27 heavy (non-hydrogen) atoms. The van der Waals surface area contributed by atoms with Gasteiger partial charge in [-0.25, -0.2) is 4.98 Å². The highest BCUT2D eigenvalue weighted by Gasteiger charge is 2.13. The summed E-state index contributed by atoms with van der Waals surface area (Å²) in [6.07, 6.45) is 10.2. The largest absolute Gasteiger partial charge is 0.345 e. The molecule has 0 unspecified atom stereocenters. The van der Waals surface area contributed by atoms with E-state index in [9.17, 15) is 0 Å². The van der Waals surface area contributed by atoms with Crippen molar-refractivity contribution in [3.8, 4) is 0 Å². The first-order chi connectivity index (χ1) is 13.1. The lowest BCUT2D eigenvalue weighted by molar-refractivity contribution is 0.395. The lowest BCUT2D eigenvalue weighted by atomic mass is 10.2. The molecule has 0 saturated heterocycles. The van der Waals surface area contributed by atoms with Gasteiger partial charge in [0.25, 0.3) is 0 Å². The van der Waals surface area contributed by atoms with Crippen LogP contribution in [0.1, 0.15) is 17.5 Å². The zero-order valence-corrected chi connectivity index (χ0v) is 16.7. The minimum Gasteiger partial charge on any atom is -0.345 e. The summed E-state index contributed by atoms with van der Waals surface area (Å²) in [5, 5.41) is 4.65. The molecule has 2 heterocycles. The van der Waals surface area contributed by atoms with Crippen molar-refractivity contribution >= 4 is 34.6 Å². The number of hydrogen-bond acceptors (Lipinski definition) is 3. The quantitative estimate of drug-likeness (QED) is 0.591. The second-order valence-corrected chi connectivity index (χ2v) is 7.09. The standard InChI is InChI=1S/C20H22ClN5S/c1-16-5-2-7-18(21)19(16)24-20(27)26(14-17-6-3-8-22-13-17)11-4-10-25-12-9-23-15-25/h2-3,5-9,12-13,15H,4,10-11,14H2,1H3,(H,24,27). The third-order valence-electron chi connectivity index (χ3n) is 4.24. The lowest BCUT2D eigenvalue weighted by Crippen LogP contribution is -2.35. The Hall–Kier alpha value is -2.44. The highest BCUT2D eigenvalue weighted by molar-refractivity contribution is 7.80. The van der Waals surface area contributed by atoms with Crippen LogP contribution >= 0.6 is 23.8 Å². The fourth-order valence-corrected chi connectivity index (χ4v) is 3.33. The van der Waals surface area contributed by atoms with Gasteiger partial charge in [-0.2, -0.15) is 0 Å². The molecule has 0 amide bonds. The van der Waals surface area contributed by atoms with Crippen molar-refractivity contribution in [2.75, 3.05) is 11.9 Å². The Morgan fingerprint density at radius 3 is 2.81 bits per heavy atom. The van der Waals surface area contributed by atoms with Gasteiger partial charge in [0.2, 0.25) is 0 Å². The number of aromatic nitrogens is 3. The number of aryl methyl sites for hydroxylation is 2. The molecule has 5 nitrogen and oxygen atoms in total. The van der Waals surface area contributed by atoms with Crippen LogP contribution in [0.25, 0.3) is 0 Å². The Morgan fingerprint density at radius 2 is 2.11 bits per heavy atom. The molecule has 0 aliphatic heterocycles. The fraction of sp³-hybridized carbons (Fsp3) is 0.250. The van der Waals surface area contributed by atoms with Crippen molar-refractivity contribution in [3.05, 3.63) is 77.6 Å². The van der Waals surface area contributed by atoms with Crippen molar-refractivity contribution in [2.45, 2.75) is 26.4 Å². The number of thiocarbonyl (C=S) groups is 1. The van der Waals surface area contributed by atoms with Crippen molar-refractivity contribution in [3.63, 3.8) is 0 Å². The van der Waals surface area contributed by atoms with Gasteiger partial charge in [0.1, 0.15) is 0 Å². The molecule has 0 fully saturated rings. The monoisotopic (exact) mass is 399 g/mol. The first-order valence-electron chi connectivity index (χ1n) is 8.79. The molecule has 140 valence electrons. The summed E-state index contributed by atoms with van der Waals surface area (Å²) in [5.41, 5.74) is 3.03. The summed E-state index contributed by atoms with van der Waals surface area (Å²) < 4.78 is 2.07. The zero-order chi connectivity index (χ0) is 19.1. The molecule has 2 aromatic heterocycles. The normalized spacial score (nSPS) is 10.6. The maximum absolute atomic E-state index is 6.35. The summed E-state index contributed by atoms with van der Waals surface area (Å²) in [7, 11) is 0. The highest BCUT2D eigenvalue weighted by atomic mass is 35.5. The van der Waals surface area contributed by atoms with Gasteiger partial charge in [0.05, 0.1) is 17.0 Å². The molecule has 0 atom stereocenters. The number of imidazole rings is 1. The fourth-order valence-electron chi connectivity index (χ4n) is 2.80.